The van der Waals surface area contributed by atoms with Crippen LogP contribution in [0.3, 0.4) is 0 Å². The number of ether oxygens (including phenoxy) is 1. The molecule has 0 aliphatic heterocycles. The Morgan fingerprint density at radius 1 is 1.22 bits per heavy atom. The summed E-state index contributed by atoms with van der Waals surface area (Å²) in [6.45, 7) is 2.03. The number of fused-ring (bicyclic) bond motifs is 1. The number of hydrogen-bond donors (Lipinski definition) is 0. The first-order chi connectivity index (χ1) is 12.9. The van der Waals surface area contributed by atoms with Crippen molar-refractivity contribution in [2.75, 3.05) is 0 Å². The highest BCUT2D eigenvalue weighted by molar-refractivity contribution is 5.92. The minimum atomic E-state index is -1.25. The molecule has 0 fully saturated rings. The van der Waals surface area contributed by atoms with Gasteiger partial charge in [-0.25, -0.2) is 18.0 Å². The van der Waals surface area contributed by atoms with Crippen LogP contribution in [-0.4, -0.2) is 5.97 Å². The number of allylic oxidation sites excluding steroid dienone is 2. The molecule has 1 aliphatic rings. The second-order valence-corrected chi connectivity index (χ2v) is 6.32. The molecule has 0 aromatic heterocycles. The van der Waals surface area contributed by atoms with Gasteiger partial charge in [-0.15, -0.1) is 0 Å². The Morgan fingerprint density at radius 3 is 2.67 bits per heavy atom. The molecule has 0 saturated heterocycles. The van der Waals surface area contributed by atoms with Gasteiger partial charge in [-0.05, 0) is 48.6 Å². The van der Waals surface area contributed by atoms with Crippen molar-refractivity contribution in [2.45, 2.75) is 32.6 Å². The fraction of sp³-hybridized carbons (Fsp3) is 0.238. The van der Waals surface area contributed by atoms with Gasteiger partial charge in [-0.3, -0.25) is 0 Å². The fourth-order valence-electron chi connectivity index (χ4n) is 3.16. The number of hydrogen-bond acceptors (Lipinski definition) is 3. The van der Waals surface area contributed by atoms with E-state index in [1.165, 1.54) is 6.07 Å². The SMILES string of the molecule is CCCC1=CCc2c(cc(F)c(C(=O)Oc3ccc(C#N)c(F)c3)c2F)C1. The van der Waals surface area contributed by atoms with Gasteiger partial charge < -0.3 is 4.74 Å². The van der Waals surface area contributed by atoms with Crippen molar-refractivity contribution < 1.29 is 22.7 Å². The normalized spacial score (nSPS) is 12.8. The van der Waals surface area contributed by atoms with Crippen LogP contribution in [0.5, 0.6) is 5.75 Å². The average molecular weight is 371 g/mol. The maximum atomic E-state index is 14.8. The third-order valence-corrected chi connectivity index (χ3v) is 4.47. The van der Waals surface area contributed by atoms with Crippen molar-refractivity contribution in [3.05, 3.63) is 75.6 Å². The molecule has 2 aromatic rings. The predicted octanol–water partition coefficient (Wildman–Crippen LogP) is 5.02. The minimum Gasteiger partial charge on any atom is -0.423 e. The number of nitriles is 1. The van der Waals surface area contributed by atoms with Crippen LogP contribution < -0.4 is 4.74 Å². The average Bonchev–Trinajstić information content (AvgIpc) is 2.62. The molecule has 0 spiro atoms. The summed E-state index contributed by atoms with van der Waals surface area (Å²) >= 11 is 0. The molecule has 0 bridgehead atoms. The van der Waals surface area contributed by atoms with Crippen LogP contribution in [0, 0.1) is 28.8 Å². The lowest BCUT2D eigenvalue weighted by molar-refractivity contribution is 0.0724. The Kier molecular flexibility index (Phi) is 5.31. The Hall–Kier alpha value is -3.07. The van der Waals surface area contributed by atoms with Gasteiger partial charge in [0.15, 0.2) is 0 Å². The lowest BCUT2D eigenvalue weighted by Gasteiger charge is -2.19. The molecule has 0 unspecified atom stereocenters. The van der Waals surface area contributed by atoms with E-state index in [-0.39, 0.29) is 23.3 Å². The van der Waals surface area contributed by atoms with Crippen LogP contribution >= 0.6 is 0 Å². The monoisotopic (exact) mass is 371 g/mol. The molecule has 6 heteroatoms. The number of benzene rings is 2. The predicted molar refractivity (Wildman–Crippen MR) is 92.8 cm³/mol. The summed E-state index contributed by atoms with van der Waals surface area (Å²) in [6.07, 6.45) is 4.43. The van der Waals surface area contributed by atoms with E-state index in [4.69, 9.17) is 10.00 Å². The van der Waals surface area contributed by atoms with Crippen LogP contribution in [0.25, 0.3) is 0 Å². The lowest BCUT2D eigenvalue weighted by Crippen LogP contribution is -2.17. The minimum absolute atomic E-state index is 0.226. The highest BCUT2D eigenvalue weighted by Crippen LogP contribution is 2.30. The third-order valence-electron chi connectivity index (χ3n) is 4.47. The molecule has 0 N–H and O–H groups in total. The van der Waals surface area contributed by atoms with E-state index in [0.717, 1.165) is 36.6 Å². The second-order valence-electron chi connectivity index (χ2n) is 6.32. The molecule has 2 aromatic carbocycles. The summed E-state index contributed by atoms with van der Waals surface area (Å²) in [7, 11) is 0. The van der Waals surface area contributed by atoms with Crippen molar-refractivity contribution in [3.63, 3.8) is 0 Å². The zero-order valence-electron chi connectivity index (χ0n) is 14.6. The van der Waals surface area contributed by atoms with Gasteiger partial charge in [-0.1, -0.05) is 25.0 Å². The smallest absolute Gasteiger partial charge is 0.349 e. The largest absolute Gasteiger partial charge is 0.423 e. The second kappa shape index (κ2) is 7.67. The number of rotatable bonds is 4. The van der Waals surface area contributed by atoms with Gasteiger partial charge in [0.25, 0.3) is 0 Å². The Morgan fingerprint density at radius 2 is 2.00 bits per heavy atom. The first-order valence-corrected chi connectivity index (χ1v) is 8.54. The lowest BCUT2D eigenvalue weighted by atomic mass is 9.88. The first-order valence-electron chi connectivity index (χ1n) is 8.54. The number of carbonyl (C=O) groups is 1. The highest BCUT2D eigenvalue weighted by Gasteiger charge is 2.26. The molecule has 0 atom stereocenters. The summed E-state index contributed by atoms with van der Waals surface area (Å²) in [5, 5.41) is 8.71. The molecule has 3 rings (SSSR count). The van der Waals surface area contributed by atoms with Gasteiger partial charge in [0.05, 0.1) is 5.56 Å². The molecule has 0 radical (unpaired) electrons. The molecule has 0 amide bonds. The molecule has 1 aliphatic carbocycles. The van der Waals surface area contributed by atoms with Gasteiger partial charge in [-0.2, -0.15) is 5.26 Å². The van der Waals surface area contributed by atoms with Crippen molar-refractivity contribution in [2.24, 2.45) is 0 Å². The van der Waals surface area contributed by atoms with Gasteiger partial charge >= 0.3 is 5.97 Å². The van der Waals surface area contributed by atoms with Gasteiger partial charge in [0.1, 0.15) is 34.8 Å². The quantitative estimate of drug-likeness (QED) is 0.431. The van der Waals surface area contributed by atoms with Crippen LogP contribution in [0.1, 0.15) is 46.8 Å². The van der Waals surface area contributed by atoms with Crippen LogP contribution in [0.2, 0.25) is 0 Å². The Labute approximate surface area is 154 Å². The van der Waals surface area contributed by atoms with Gasteiger partial charge in [0.2, 0.25) is 0 Å². The van der Waals surface area contributed by atoms with Crippen molar-refractivity contribution in [3.8, 4) is 11.8 Å². The fourth-order valence-corrected chi connectivity index (χ4v) is 3.16. The van der Waals surface area contributed by atoms with E-state index in [1.54, 1.807) is 6.07 Å². The van der Waals surface area contributed by atoms with Crippen molar-refractivity contribution >= 4 is 5.97 Å². The van der Waals surface area contributed by atoms with Crippen LogP contribution in [0.4, 0.5) is 13.2 Å². The summed E-state index contributed by atoms with van der Waals surface area (Å²) in [4.78, 5) is 12.3. The molecule has 0 saturated carbocycles. The molecular formula is C21H16F3NO2. The maximum Gasteiger partial charge on any atom is 0.349 e. The van der Waals surface area contributed by atoms with Crippen LogP contribution in [-0.2, 0) is 12.8 Å². The van der Waals surface area contributed by atoms with Crippen molar-refractivity contribution in [1.29, 1.82) is 5.26 Å². The van der Waals surface area contributed by atoms with Crippen molar-refractivity contribution in [1.82, 2.24) is 0 Å². The van der Waals surface area contributed by atoms with E-state index in [1.807, 2.05) is 13.0 Å². The van der Waals surface area contributed by atoms with E-state index in [2.05, 4.69) is 0 Å². The maximum absolute atomic E-state index is 14.8. The zero-order valence-corrected chi connectivity index (χ0v) is 14.6. The highest BCUT2D eigenvalue weighted by atomic mass is 19.1. The third kappa shape index (κ3) is 3.72. The van der Waals surface area contributed by atoms with Gasteiger partial charge in [0, 0.05) is 6.07 Å². The summed E-state index contributed by atoms with van der Waals surface area (Å²) < 4.78 is 47.7. The number of nitrogens with zero attached hydrogens (tertiary/aromatic N) is 1. The summed E-state index contributed by atoms with van der Waals surface area (Å²) in [6, 6.07) is 5.93. The summed E-state index contributed by atoms with van der Waals surface area (Å²) in [5.74, 6) is -4.33. The molecule has 3 nitrogen and oxygen atoms in total. The number of carbonyl (C=O) groups excluding carboxylic acids is 1. The number of esters is 1. The van der Waals surface area contributed by atoms with E-state index >= 15 is 0 Å². The first kappa shape index (κ1) is 18.7. The molecule has 0 heterocycles. The van der Waals surface area contributed by atoms with Crippen LogP contribution in [0.15, 0.2) is 35.9 Å². The number of halogens is 3. The topological polar surface area (TPSA) is 50.1 Å². The van der Waals surface area contributed by atoms with E-state index in [0.29, 0.717) is 12.0 Å². The Balaban J connectivity index is 1.89. The Bertz CT molecular complexity index is 990. The standard InChI is InChI=1S/C21H16F3NO2/c1-2-3-12-4-7-16-14(8-12)9-18(23)19(20(16)24)21(26)27-15-6-5-13(11-25)17(22)10-15/h4-6,9-10H,2-3,7-8H2,1H3. The zero-order chi connectivity index (χ0) is 19.6. The summed E-state index contributed by atoms with van der Waals surface area (Å²) in [5.41, 5.74) is 0.889. The van der Waals surface area contributed by atoms with E-state index < -0.39 is 29.0 Å². The molecule has 27 heavy (non-hydrogen) atoms. The van der Waals surface area contributed by atoms with E-state index in [9.17, 15) is 18.0 Å². The molecule has 138 valence electrons. The molecular weight excluding hydrogens is 355 g/mol.